The summed E-state index contributed by atoms with van der Waals surface area (Å²) in [5.74, 6) is 0.903. The first kappa shape index (κ1) is 11.5. The van der Waals surface area contributed by atoms with Crippen LogP contribution >= 0.6 is 0 Å². The molecule has 0 saturated heterocycles. The molecule has 1 fully saturated rings. The number of benzene rings is 1. The third kappa shape index (κ3) is 2.31. The van der Waals surface area contributed by atoms with Gasteiger partial charge in [-0.2, -0.15) is 0 Å². The van der Waals surface area contributed by atoms with E-state index in [1.54, 1.807) is 0 Å². The monoisotopic (exact) mass is 242 g/mol. The molecule has 1 N–H and O–H groups in total. The summed E-state index contributed by atoms with van der Waals surface area (Å²) in [6.45, 7) is 5.06. The van der Waals surface area contributed by atoms with E-state index in [1.807, 2.05) is 6.20 Å². The molecule has 1 heterocycles. The maximum absolute atomic E-state index is 5.43. The predicted octanol–water partition coefficient (Wildman–Crippen LogP) is 3.21. The highest BCUT2D eigenvalue weighted by atomic mass is 16.5. The summed E-state index contributed by atoms with van der Waals surface area (Å²) in [5.41, 5.74) is 4.80. The van der Waals surface area contributed by atoms with Gasteiger partial charge in [0.25, 0.3) is 0 Å². The lowest BCUT2D eigenvalue weighted by Crippen LogP contribution is -2.15. The van der Waals surface area contributed by atoms with Crippen LogP contribution in [0.15, 0.2) is 28.9 Å². The minimum Gasteiger partial charge on any atom is -0.356 e. The molecule has 3 heteroatoms. The van der Waals surface area contributed by atoms with E-state index in [0.29, 0.717) is 6.04 Å². The lowest BCUT2D eigenvalue weighted by atomic mass is 10.0. The molecule has 1 aliphatic rings. The Hall–Kier alpha value is -1.61. The van der Waals surface area contributed by atoms with Crippen LogP contribution in [0, 0.1) is 13.8 Å². The van der Waals surface area contributed by atoms with Crippen LogP contribution in [-0.4, -0.2) is 11.2 Å². The van der Waals surface area contributed by atoms with Gasteiger partial charge < -0.3 is 9.84 Å². The molecule has 0 aliphatic heterocycles. The first-order valence-corrected chi connectivity index (χ1v) is 6.48. The fourth-order valence-electron chi connectivity index (χ4n) is 2.22. The SMILES string of the molecule is Cc1ccc(-c2oncc2CNC2CC2)c(C)c1. The van der Waals surface area contributed by atoms with Gasteiger partial charge in [0, 0.05) is 23.7 Å². The fraction of sp³-hybridized carbons (Fsp3) is 0.400. The van der Waals surface area contributed by atoms with Crippen molar-refractivity contribution in [1.29, 1.82) is 0 Å². The highest BCUT2D eigenvalue weighted by Crippen LogP contribution is 2.28. The molecule has 0 bridgehead atoms. The largest absolute Gasteiger partial charge is 0.356 e. The van der Waals surface area contributed by atoms with Gasteiger partial charge in [-0.3, -0.25) is 0 Å². The fourth-order valence-corrected chi connectivity index (χ4v) is 2.22. The molecule has 1 aliphatic carbocycles. The summed E-state index contributed by atoms with van der Waals surface area (Å²) >= 11 is 0. The quantitative estimate of drug-likeness (QED) is 0.894. The molecule has 0 amide bonds. The van der Waals surface area contributed by atoms with Crippen LogP contribution in [0.4, 0.5) is 0 Å². The van der Waals surface area contributed by atoms with Crippen LogP contribution in [0.2, 0.25) is 0 Å². The van der Waals surface area contributed by atoms with E-state index < -0.39 is 0 Å². The number of rotatable bonds is 4. The number of nitrogens with one attached hydrogen (secondary N) is 1. The number of aromatic nitrogens is 1. The van der Waals surface area contributed by atoms with Crippen LogP contribution in [0.1, 0.15) is 29.5 Å². The van der Waals surface area contributed by atoms with Crippen molar-refractivity contribution in [3.63, 3.8) is 0 Å². The zero-order valence-electron chi connectivity index (χ0n) is 10.9. The Morgan fingerprint density at radius 2 is 2.17 bits per heavy atom. The second kappa shape index (κ2) is 4.58. The highest BCUT2D eigenvalue weighted by Gasteiger charge is 2.21. The standard InChI is InChI=1S/C15H18N2O/c1-10-3-6-14(11(2)7-10)15-12(9-17-18-15)8-16-13-4-5-13/h3,6-7,9,13,16H,4-5,8H2,1-2H3. The second-order valence-corrected chi connectivity index (χ2v) is 5.15. The molecule has 1 aromatic carbocycles. The summed E-state index contributed by atoms with van der Waals surface area (Å²) in [6.07, 6.45) is 4.42. The van der Waals surface area contributed by atoms with Gasteiger partial charge in [0.05, 0.1) is 6.20 Å². The van der Waals surface area contributed by atoms with Gasteiger partial charge >= 0.3 is 0 Å². The molecular weight excluding hydrogens is 224 g/mol. The van der Waals surface area contributed by atoms with Gasteiger partial charge in [0.2, 0.25) is 0 Å². The first-order chi connectivity index (χ1) is 8.74. The molecule has 3 rings (SSSR count). The van der Waals surface area contributed by atoms with Crippen LogP contribution in [0.5, 0.6) is 0 Å². The molecule has 0 radical (unpaired) electrons. The van der Waals surface area contributed by atoms with Crippen molar-refractivity contribution in [2.24, 2.45) is 0 Å². The average Bonchev–Trinajstić information content (AvgIpc) is 3.06. The van der Waals surface area contributed by atoms with Gasteiger partial charge in [-0.15, -0.1) is 0 Å². The smallest absolute Gasteiger partial charge is 0.171 e. The molecule has 1 aromatic heterocycles. The van der Waals surface area contributed by atoms with Crippen molar-refractivity contribution in [3.05, 3.63) is 41.1 Å². The third-order valence-electron chi connectivity index (χ3n) is 3.43. The molecule has 0 unspecified atom stereocenters. The molecule has 0 spiro atoms. The van der Waals surface area contributed by atoms with E-state index in [9.17, 15) is 0 Å². The summed E-state index contributed by atoms with van der Waals surface area (Å²) in [6, 6.07) is 7.11. The maximum Gasteiger partial charge on any atom is 0.171 e. The topological polar surface area (TPSA) is 38.1 Å². The number of nitrogens with zero attached hydrogens (tertiary/aromatic N) is 1. The minimum absolute atomic E-state index is 0.701. The van der Waals surface area contributed by atoms with E-state index in [1.165, 1.54) is 24.0 Å². The number of hydrogen-bond acceptors (Lipinski definition) is 3. The van der Waals surface area contributed by atoms with Crippen molar-refractivity contribution in [2.45, 2.75) is 39.3 Å². The summed E-state index contributed by atoms with van der Waals surface area (Å²) < 4.78 is 5.43. The zero-order valence-corrected chi connectivity index (χ0v) is 10.9. The molecule has 94 valence electrons. The summed E-state index contributed by atoms with van der Waals surface area (Å²) in [7, 11) is 0. The van der Waals surface area contributed by atoms with E-state index in [4.69, 9.17) is 4.52 Å². The van der Waals surface area contributed by atoms with Crippen molar-refractivity contribution in [1.82, 2.24) is 10.5 Å². The normalized spacial score (nSPS) is 15.0. The summed E-state index contributed by atoms with van der Waals surface area (Å²) in [4.78, 5) is 0. The lowest BCUT2D eigenvalue weighted by Gasteiger charge is -2.06. The van der Waals surface area contributed by atoms with Crippen molar-refractivity contribution < 1.29 is 4.52 Å². The summed E-state index contributed by atoms with van der Waals surface area (Å²) in [5, 5.41) is 7.45. The predicted molar refractivity (Wildman–Crippen MR) is 71.3 cm³/mol. The molecular formula is C15H18N2O. The highest BCUT2D eigenvalue weighted by molar-refractivity contribution is 5.65. The van der Waals surface area contributed by atoms with E-state index in [2.05, 4.69) is 42.5 Å². The van der Waals surface area contributed by atoms with E-state index >= 15 is 0 Å². The Bertz CT molecular complexity index is 555. The Morgan fingerprint density at radius 3 is 2.89 bits per heavy atom. The lowest BCUT2D eigenvalue weighted by molar-refractivity contribution is 0.431. The number of hydrogen-bond donors (Lipinski definition) is 1. The van der Waals surface area contributed by atoms with Crippen molar-refractivity contribution >= 4 is 0 Å². The van der Waals surface area contributed by atoms with Crippen LogP contribution < -0.4 is 5.32 Å². The third-order valence-corrected chi connectivity index (χ3v) is 3.43. The van der Waals surface area contributed by atoms with Crippen molar-refractivity contribution in [2.75, 3.05) is 0 Å². The Labute approximate surface area is 107 Å². The van der Waals surface area contributed by atoms with Gasteiger partial charge in [-0.25, -0.2) is 0 Å². The molecule has 3 nitrogen and oxygen atoms in total. The van der Waals surface area contributed by atoms with Gasteiger partial charge in [0.1, 0.15) is 0 Å². The van der Waals surface area contributed by atoms with Crippen LogP contribution in [0.25, 0.3) is 11.3 Å². The van der Waals surface area contributed by atoms with Gasteiger partial charge in [-0.05, 0) is 32.3 Å². The first-order valence-electron chi connectivity index (χ1n) is 6.48. The van der Waals surface area contributed by atoms with Gasteiger partial charge in [0.15, 0.2) is 5.76 Å². The molecule has 1 saturated carbocycles. The van der Waals surface area contributed by atoms with Crippen LogP contribution in [-0.2, 0) is 6.54 Å². The Morgan fingerprint density at radius 1 is 1.33 bits per heavy atom. The van der Waals surface area contributed by atoms with Crippen molar-refractivity contribution in [3.8, 4) is 11.3 Å². The van der Waals surface area contributed by atoms with E-state index in [0.717, 1.165) is 23.4 Å². The van der Waals surface area contributed by atoms with E-state index in [-0.39, 0.29) is 0 Å². The van der Waals surface area contributed by atoms with Gasteiger partial charge in [-0.1, -0.05) is 28.9 Å². The average molecular weight is 242 g/mol. The molecule has 2 aromatic rings. The van der Waals surface area contributed by atoms with Crippen LogP contribution in [0.3, 0.4) is 0 Å². The minimum atomic E-state index is 0.701. The zero-order chi connectivity index (χ0) is 12.5. The number of aryl methyl sites for hydroxylation is 2. The second-order valence-electron chi connectivity index (χ2n) is 5.15. The maximum atomic E-state index is 5.43. The molecule has 18 heavy (non-hydrogen) atoms. The Kier molecular flexibility index (Phi) is 2.92. The Balaban J connectivity index is 1.88. The molecule has 0 atom stereocenters.